The summed E-state index contributed by atoms with van der Waals surface area (Å²) in [7, 11) is 3.59. The van der Waals surface area contributed by atoms with Gasteiger partial charge in [-0.1, -0.05) is 35.9 Å². The van der Waals surface area contributed by atoms with Crippen LogP contribution in [0.5, 0.6) is 0 Å². The lowest BCUT2D eigenvalue weighted by Gasteiger charge is -2.30. The molecule has 0 bridgehead atoms. The highest BCUT2D eigenvalue weighted by atomic mass is 16.5. The second-order valence-electron chi connectivity index (χ2n) is 6.19. The molecule has 0 heterocycles. The maximum Gasteiger partial charge on any atom is 0.0826 e. The second kappa shape index (κ2) is 6.23. The van der Waals surface area contributed by atoms with Gasteiger partial charge in [-0.25, -0.2) is 0 Å². The van der Waals surface area contributed by atoms with Gasteiger partial charge in [-0.2, -0.15) is 0 Å². The molecule has 2 aromatic rings. The molecule has 1 aliphatic rings. The molecule has 0 radical (unpaired) electrons. The molecule has 116 valence electrons. The molecule has 0 aromatic heterocycles. The first kappa shape index (κ1) is 15.3. The van der Waals surface area contributed by atoms with E-state index in [9.17, 15) is 0 Å². The zero-order valence-corrected chi connectivity index (χ0v) is 13.8. The zero-order valence-electron chi connectivity index (χ0n) is 13.8. The van der Waals surface area contributed by atoms with E-state index < -0.39 is 0 Å². The average molecular weight is 296 g/mol. The molecule has 2 atom stereocenters. The predicted molar refractivity (Wildman–Crippen MR) is 90.1 cm³/mol. The Morgan fingerprint density at radius 3 is 2.18 bits per heavy atom. The van der Waals surface area contributed by atoms with Gasteiger partial charge in [-0.3, -0.25) is 0 Å². The van der Waals surface area contributed by atoms with Crippen LogP contribution in [-0.2, 0) is 9.47 Å². The van der Waals surface area contributed by atoms with Crippen molar-refractivity contribution in [1.82, 2.24) is 0 Å². The first-order valence-electron chi connectivity index (χ1n) is 7.91. The van der Waals surface area contributed by atoms with Gasteiger partial charge in [0, 0.05) is 14.2 Å². The summed E-state index contributed by atoms with van der Waals surface area (Å²) in [5.41, 5.74) is 7.71. The van der Waals surface area contributed by atoms with Crippen LogP contribution in [0.2, 0.25) is 0 Å². The van der Waals surface area contributed by atoms with E-state index >= 15 is 0 Å². The molecule has 2 heteroatoms. The van der Waals surface area contributed by atoms with E-state index in [4.69, 9.17) is 9.47 Å². The van der Waals surface area contributed by atoms with E-state index in [0.717, 1.165) is 12.8 Å². The van der Waals surface area contributed by atoms with Gasteiger partial charge in [-0.15, -0.1) is 0 Å². The number of fused-ring (bicyclic) bond motifs is 1. The molecule has 2 unspecified atom stereocenters. The number of ether oxygens (including phenoxy) is 2. The minimum absolute atomic E-state index is 0.173. The smallest absolute Gasteiger partial charge is 0.0826 e. The van der Waals surface area contributed by atoms with Gasteiger partial charge in [0.05, 0.1) is 12.2 Å². The second-order valence-corrected chi connectivity index (χ2v) is 6.19. The third-order valence-electron chi connectivity index (χ3n) is 4.74. The summed E-state index contributed by atoms with van der Waals surface area (Å²) in [5.74, 6) is 0. The molecular weight excluding hydrogens is 272 g/mol. The van der Waals surface area contributed by atoms with Crippen molar-refractivity contribution in [2.45, 2.75) is 38.9 Å². The molecule has 0 saturated heterocycles. The topological polar surface area (TPSA) is 18.5 Å². The molecule has 0 spiro atoms. The van der Waals surface area contributed by atoms with Crippen LogP contribution in [0, 0.1) is 13.8 Å². The molecule has 0 N–H and O–H groups in total. The average Bonchev–Trinajstić information content (AvgIpc) is 2.55. The molecule has 2 nitrogen and oxygen atoms in total. The summed E-state index contributed by atoms with van der Waals surface area (Å²) in [6.07, 6.45) is 2.39. The van der Waals surface area contributed by atoms with E-state index in [-0.39, 0.29) is 12.2 Å². The van der Waals surface area contributed by atoms with Crippen molar-refractivity contribution in [1.29, 1.82) is 0 Å². The molecule has 0 fully saturated rings. The highest BCUT2D eigenvalue weighted by Crippen LogP contribution is 2.41. The molecule has 1 aliphatic carbocycles. The Morgan fingerprint density at radius 1 is 0.818 bits per heavy atom. The Kier molecular flexibility index (Phi) is 4.32. The summed E-state index contributed by atoms with van der Waals surface area (Å²) in [4.78, 5) is 0. The van der Waals surface area contributed by atoms with Gasteiger partial charge in [0.1, 0.15) is 0 Å². The van der Waals surface area contributed by atoms with Crippen molar-refractivity contribution in [3.05, 3.63) is 58.7 Å². The lowest BCUT2D eigenvalue weighted by Crippen LogP contribution is -2.17. The van der Waals surface area contributed by atoms with Crippen LogP contribution in [-0.4, -0.2) is 14.2 Å². The minimum atomic E-state index is 0.173. The number of hydrogen-bond donors (Lipinski definition) is 0. The molecular formula is C20H24O2. The predicted octanol–water partition coefficient (Wildman–Crippen LogP) is 5.14. The number of aryl methyl sites for hydroxylation is 2. The largest absolute Gasteiger partial charge is 0.377 e. The summed E-state index contributed by atoms with van der Waals surface area (Å²) < 4.78 is 11.3. The van der Waals surface area contributed by atoms with Crippen LogP contribution >= 0.6 is 0 Å². The molecule has 2 aromatic carbocycles. The first-order valence-corrected chi connectivity index (χ1v) is 7.91. The van der Waals surface area contributed by atoms with Crippen LogP contribution in [0.3, 0.4) is 0 Å². The van der Waals surface area contributed by atoms with Crippen molar-refractivity contribution < 1.29 is 9.47 Å². The van der Waals surface area contributed by atoms with Crippen LogP contribution in [0.25, 0.3) is 11.1 Å². The molecule has 3 rings (SSSR count). The Morgan fingerprint density at radius 2 is 1.50 bits per heavy atom. The molecule has 0 amide bonds. The quantitative estimate of drug-likeness (QED) is 0.781. The van der Waals surface area contributed by atoms with E-state index in [0.29, 0.717) is 0 Å². The van der Waals surface area contributed by atoms with Crippen molar-refractivity contribution in [3.63, 3.8) is 0 Å². The standard InChI is InChI=1S/C20H24O2/c1-13-5-6-14(2)17(11-13)15-7-8-16-18(12-15)20(22-4)10-9-19(16)21-3/h5-8,11-12,19-20H,9-10H2,1-4H3. The fourth-order valence-corrected chi connectivity index (χ4v) is 3.46. The molecule has 0 saturated carbocycles. The minimum Gasteiger partial charge on any atom is -0.377 e. The van der Waals surface area contributed by atoms with Crippen LogP contribution in [0.1, 0.15) is 47.3 Å². The number of methoxy groups -OCH3 is 2. The Labute approximate surface area is 133 Å². The normalized spacial score (nSPS) is 20.7. The van der Waals surface area contributed by atoms with Gasteiger partial charge in [-0.05, 0) is 60.6 Å². The van der Waals surface area contributed by atoms with Crippen molar-refractivity contribution in [3.8, 4) is 11.1 Å². The highest BCUT2D eigenvalue weighted by molar-refractivity contribution is 5.69. The number of hydrogen-bond acceptors (Lipinski definition) is 2. The fraction of sp³-hybridized carbons (Fsp3) is 0.400. The lowest BCUT2D eigenvalue weighted by molar-refractivity contribution is 0.0333. The number of benzene rings is 2. The van der Waals surface area contributed by atoms with Crippen LogP contribution < -0.4 is 0 Å². The summed E-state index contributed by atoms with van der Waals surface area (Å²) in [6, 6.07) is 13.3. The fourth-order valence-electron chi connectivity index (χ4n) is 3.46. The Balaban J connectivity index is 2.10. The highest BCUT2D eigenvalue weighted by Gasteiger charge is 2.27. The zero-order chi connectivity index (χ0) is 15.7. The van der Waals surface area contributed by atoms with E-state index in [2.05, 4.69) is 50.2 Å². The van der Waals surface area contributed by atoms with E-state index in [1.807, 2.05) is 0 Å². The summed E-state index contributed by atoms with van der Waals surface area (Å²) in [5, 5.41) is 0. The number of rotatable bonds is 3. The van der Waals surface area contributed by atoms with Crippen molar-refractivity contribution in [2.24, 2.45) is 0 Å². The van der Waals surface area contributed by atoms with Crippen molar-refractivity contribution >= 4 is 0 Å². The SMILES string of the molecule is COC1CCC(OC)c2cc(-c3cc(C)ccc3C)ccc21. The van der Waals surface area contributed by atoms with Gasteiger partial charge in [0.2, 0.25) is 0 Å². The summed E-state index contributed by atoms with van der Waals surface area (Å²) >= 11 is 0. The Hall–Kier alpha value is -1.64. The summed E-state index contributed by atoms with van der Waals surface area (Å²) in [6.45, 7) is 4.31. The molecule has 0 aliphatic heterocycles. The van der Waals surface area contributed by atoms with E-state index in [1.54, 1.807) is 14.2 Å². The Bertz CT molecular complexity index is 675. The van der Waals surface area contributed by atoms with Gasteiger partial charge >= 0.3 is 0 Å². The first-order chi connectivity index (χ1) is 10.6. The van der Waals surface area contributed by atoms with E-state index in [1.165, 1.54) is 33.4 Å². The van der Waals surface area contributed by atoms with Gasteiger partial charge in [0.25, 0.3) is 0 Å². The van der Waals surface area contributed by atoms with Gasteiger partial charge < -0.3 is 9.47 Å². The maximum absolute atomic E-state index is 5.70. The van der Waals surface area contributed by atoms with Gasteiger partial charge in [0.15, 0.2) is 0 Å². The van der Waals surface area contributed by atoms with Crippen LogP contribution in [0.15, 0.2) is 36.4 Å². The van der Waals surface area contributed by atoms with Crippen LogP contribution in [0.4, 0.5) is 0 Å². The third-order valence-corrected chi connectivity index (χ3v) is 4.74. The third kappa shape index (κ3) is 2.69. The van der Waals surface area contributed by atoms with Crippen molar-refractivity contribution in [2.75, 3.05) is 14.2 Å². The lowest BCUT2D eigenvalue weighted by atomic mass is 9.84. The molecule has 22 heavy (non-hydrogen) atoms. The maximum atomic E-state index is 5.70. The monoisotopic (exact) mass is 296 g/mol.